The number of aryl methyl sites for hydroxylation is 1. The number of hydrogen-bond donors (Lipinski definition) is 3. The van der Waals surface area contributed by atoms with Gasteiger partial charge < -0.3 is 15.7 Å². The van der Waals surface area contributed by atoms with Gasteiger partial charge in [0.15, 0.2) is 0 Å². The SMILES string of the molecule is Cc1cc(F)ccc1CCNC(=O)NCC1(O)CCCC1. The summed E-state index contributed by atoms with van der Waals surface area (Å²) in [4.78, 5) is 11.7. The molecule has 0 aliphatic heterocycles. The molecule has 1 aliphatic carbocycles. The van der Waals surface area contributed by atoms with E-state index in [9.17, 15) is 14.3 Å². The molecule has 2 rings (SSSR count). The number of carbonyl (C=O) groups is 1. The molecule has 1 aromatic carbocycles. The van der Waals surface area contributed by atoms with Gasteiger partial charge in [0.25, 0.3) is 0 Å². The summed E-state index contributed by atoms with van der Waals surface area (Å²) in [5.41, 5.74) is 1.17. The van der Waals surface area contributed by atoms with Crippen LogP contribution < -0.4 is 10.6 Å². The van der Waals surface area contributed by atoms with E-state index in [0.29, 0.717) is 19.5 Å². The van der Waals surface area contributed by atoms with Gasteiger partial charge >= 0.3 is 6.03 Å². The molecule has 1 aliphatic rings. The molecule has 3 N–H and O–H groups in total. The van der Waals surface area contributed by atoms with Crippen LogP contribution >= 0.6 is 0 Å². The summed E-state index contributed by atoms with van der Waals surface area (Å²) in [5.74, 6) is -0.244. The van der Waals surface area contributed by atoms with Crippen molar-refractivity contribution < 1.29 is 14.3 Å². The molecule has 116 valence electrons. The summed E-state index contributed by atoms with van der Waals surface area (Å²) in [6.45, 7) is 2.64. The third kappa shape index (κ3) is 4.70. The average Bonchev–Trinajstić information content (AvgIpc) is 2.86. The molecule has 5 heteroatoms. The molecule has 2 amide bonds. The van der Waals surface area contributed by atoms with Gasteiger partial charge in [0.1, 0.15) is 5.82 Å². The highest BCUT2D eigenvalue weighted by Gasteiger charge is 2.31. The van der Waals surface area contributed by atoms with Gasteiger partial charge in [-0.2, -0.15) is 0 Å². The fraction of sp³-hybridized carbons (Fsp3) is 0.562. The van der Waals surface area contributed by atoms with Gasteiger partial charge in [-0.05, 0) is 49.4 Å². The molecule has 21 heavy (non-hydrogen) atoms. The van der Waals surface area contributed by atoms with Crippen LogP contribution in [0.25, 0.3) is 0 Å². The molecule has 0 saturated heterocycles. The van der Waals surface area contributed by atoms with E-state index in [4.69, 9.17) is 0 Å². The number of rotatable bonds is 5. The van der Waals surface area contributed by atoms with Crippen molar-refractivity contribution in [1.29, 1.82) is 0 Å². The third-order valence-electron chi connectivity index (χ3n) is 4.10. The number of benzene rings is 1. The van der Waals surface area contributed by atoms with E-state index in [1.54, 1.807) is 6.07 Å². The van der Waals surface area contributed by atoms with Crippen molar-refractivity contribution >= 4 is 6.03 Å². The van der Waals surface area contributed by atoms with E-state index in [1.807, 2.05) is 6.92 Å². The summed E-state index contributed by atoms with van der Waals surface area (Å²) >= 11 is 0. The molecule has 1 aromatic rings. The van der Waals surface area contributed by atoms with Gasteiger partial charge in [-0.15, -0.1) is 0 Å². The van der Waals surface area contributed by atoms with Crippen LogP contribution in [0.4, 0.5) is 9.18 Å². The summed E-state index contributed by atoms with van der Waals surface area (Å²) in [6, 6.07) is 4.39. The smallest absolute Gasteiger partial charge is 0.314 e. The van der Waals surface area contributed by atoms with Crippen molar-refractivity contribution in [2.45, 2.75) is 44.6 Å². The maximum atomic E-state index is 13.0. The van der Waals surface area contributed by atoms with Gasteiger partial charge in [0.05, 0.1) is 5.60 Å². The zero-order valence-corrected chi connectivity index (χ0v) is 12.4. The topological polar surface area (TPSA) is 61.4 Å². The minimum Gasteiger partial charge on any atom is -0.388 e. The average molecular weight is 294 g/mol. The highest BCUT2D eigenvalue weighted by atomic mass is 19.1. The fourth-order valence-corrected chi connectivity index (χ4v) is 2.77. The first-order valence-electron chi connectivity index (χ1n) is 7.48. The van der Waals surface area contributed by atoms with Crippen LogP contribution in [0.1, 0.15) is 36.8 Å². The molecular formula is C16H23FN2O2. The number of carbonyl (C=O) groups excluding carboxylic acids is 1. The first-order chi connectivity index (χ1) is 9.98. The monoisotopic (exact) mass is 294 g/mol. The van der Waals surface area contributed by atoms with E-state index in [-0.39, 0.29) is 11.8 Å². The van der Waals surface area contributed by atoms with Gasteiger partial charge in [-0.1, -0.05) is 18.9 Å². The maximum Gasteiger partial charge on any atom is 0.314 e. The number of aliphatic hydroxyl groups is 1. The maximum absolute atomic E-state index is 13.0. The Morgan fingerprint density at radius 3 is 2.71 bits per heavy atom. The lowest BCUT2D eigenvalue weighted by atomic mass is 10.0. The number of amides is 2. The van der Waals surface area contributed by atoms with Crippen molar-refractivity contribution in [2.75, 3.05) is 13.1 Å². The second kappa shape index (κ2) is 6.89. The van der Waals surface area contributed by atoms with Crippen molar-refractivity contribution in [2.24, 2.45) is 0 Å². The first-order valence-corrected chi connectivity index (χ1v) is 7.48. The van der Waals surface area contributed by atoms with Crippen LogP contribution in [-0.4, -0.2) is 29.8 Å². The van der Waals surface area contributed by atoms with Gasteiger partial charge in [-0.25, -0.2) is 9.18 Å². The molecule has 1 saturated carbocycles. The molecule has 0 unspecified atom stereocenters. The molecule has 0 heterocycles. The van der Waals surface area contributed by atoms with E-state index in [0.717, 1.165) is 36.8 Å². The van der Waals surface area contributed by atoms with Crippen LogP contribution in [0.5, 0.6) is 0 Å². The highest BCUT2D eigenvalue weighted by molar-refractivity contribution is 5.73. The van der Waals surface area contributed by atoms with E-state index >= 15 is 0 Å². The zero-order chi connectivity index (χ0) is 15.3. The quantitative estimate of drug-likeness (QED) is 0.780. The van der Waals surface area contributed by atoms with Gasteiger partial charge in [-0.3, -0.25) is 0 Å². The molecule has 1 fully saturated rings. The largest absolute Gasteiger partial charge is 0.388 e. The Balaban J connectivity index is 1.69. The molecule has 4 nitrogen and oxygen atoms in total. The van der Waals surface area contributed by atoms with Crippen molar-refractivity contribution in [1.82, 2.24) is 10.6 Å². The van der Waals surface area contributed by atoms with Crippen molar-refractivity contribution in [3.63, 3.8) is 0 Å². The number of hydrogen-bond acceptors (Lipinski definition) is 2. The standard InChI is InChI=1S/C16H23FN2O2/c1-12-10-14(17)5-4-13(12)6-9-18-15(20)19-11-16(21)7-2-3-8-16/h4-5,10,21H,2-3,6-9,11H2,1H3,(H2,18,19,20). The Morgan fingerprint density at radius 2 is 2.05 bits per heavy atom. The highest BCUT2D eigenvalue weighted by Crippen LogP contribution is 2.28. The number of nitrogens with one attached hydrogen (secondary N) is 2. The van der Waals surface area contributed by atoms with Crippen LogP contribution in [0, 0.1) is 12.7 Å². The lowest BCUT2D eigenvalue weighted by molar-refractivity contribution is 0.0501. The predicted octanol–water partition coefficient (Wildman–Crippen LogP) is 2.28. The summed E-state index contributed by atoms with van der Waals surface area (Å²) in [5, 5.41) is 15.6. The van der Waals surface area contributed by atoms with Crippen LogP contribution in [0.2, 0.25) is 0 Å². The molecule has 0 spiro atoms. The Morgan fingerprint density at radius 1 is 1.33 bits per heavy atom. The van der Waals surface area contributed by atoms with Crippen LogP contribution in [0.15, 0.2) is 18.2 Å². The summed E-state index contributed by atoms with van der Waals surface area (Å²) in [6.07, 6.45) is 4.20. The molecular weight excluding hydrogens is 271 g/mol. The Labute approximate surface area is 124 Å². The number of urea groups is 1. The molecule has 0 bridgehead atoms. The van der Waals surface area contributed by atoms with E-state index in [1.165, 1.54) is 12.1 Å². The lowest BCUT2D eigenvalue weighted by Gasteiger charge is -2.22. The van der Waals surface area contributed by atoms with Crippen LogP contribution in [0.3, 0.4) is 0 Å². The minimum absolute atomic E-state index is 0.244. The molecule has 0 atom stereocenters. The van der Waals surface area contributed by atoms with Crippen molar-refractivity contribution in [3.8, 4) is 0 Å². The lowest BCUT2D eigenvalue weighted by Crippen LogP contribution is -2.45. The Bertz CT molecular complexity index is 499. The first kappa shape index (κ1) is 15.8. The van der Waals surface area contributed by atoms with Gasteiger partial charge in [0, 0.05) is 13.1 Å². The predicted molar refractivity (Wildman–Crippen MR) is 79.7 cm³/mol. The normalized spacial score (nSPS) is 16.7. The Hall–Kier alpha value is -1.62. The van der Waals surface area contributed by atoms with Crippen molar-refractivity contribution in [3.05, 3.63) is 35.1 Å². The molecule has 0 aromatic heterocycles. The summed E-state index contributed by atoms with van der Waals surface area (Å²) in [7, 11) is 0. The van der Waals surface area contributed by atoms with E-state index < -0.39 is 5.60 Å². The van der Waals surface area contributed by atoms with Gasteiger partial charge in [0.2, 0.25) is 0 Å². The Kier molecular flexibility index (Phi) is 5.17. The minimum atomic E-state index is -0.731. The van der Waals surface area contributed by atoms with Crippen LogP contribution in [-0.2, 0) is 6.42 Å². The second-order valence-corrected chi connectivity index (χ2v) is 5.86. The number of halogens is 1. The third-order valence-corrected chi connectivity index (χ3v) is 4.10. The van der Waals surface area contributed by atoms with E-state index in [2.05, 4.69) is 10.6 Å². The second-order valence-electron chi connectivity index (χ2n) is 5.86. The summed E-state index contributed by atoms with van der Waals surface area (Å²) < 4.78 is 13.0. The fourth-order valence-electron chi connectivity index (χ4n) is 2.77. The molecule has 0 radical (unpaired) electrons. The zero-order valence-electron chi connectivity index (χ0n) is 12.4.